The molecule has 0 aliphatic heterocycles. The minimum absolute atomic E-state index is 0.150. The van der Waals surface area contributed by atoms with Gasteiger partial charge in [-0.15, -0.1) is 0 Å². The molecule has 0 aliphatic carbocycles. The molecule has 0 N–H and O–H groups in total. The molecule has 0 bridgehead atoms. The van der Waals surface area contributed by atoms with Gasteiger partial charge < -0.3 is 4.74 Å². The first-order chi connectivity index (χ1) is 11.4. The maximum atomic E-state index is 13.6. The molecular weight excluding hydrogens is 411 g/mol. The first-order valence-electron chi connectivity index (χ1n) is 6.08. The van der Waals surface area contributed by atoms with Crippen molar-refractivity contribution in [2.45, 2.75) is 28.2 Å². The van der Waals surface area contributed by atoms with Crippen molar-refractivity contribution in [2.24, 2.45) is 0 Å². The number of alkyl halides is 9. The Hall–Kier alpha value is -1.99. The van der Waals surface area contributed by atoms with Crippen molar-refractivity contribution in [1.82, 2.24) is 0 Å². The summed E-state index contributed by atoms with van der Waals surface area (Å²) in [4.78, 5) is 9.39. The Balaban J connectivity index is 3.48. The van der Waals surface area contributed by atoms with Gasteiger partial charge in [0.1, 0.15) is 0 Å². The number of carbonyl (C=O) groups excluding carboxylic acids is 1. The predicted octanol–water partition coefficient (Wildman–Crippen LogP) is 3.67. The Kier molecular flexibility index (Phi) is 5.36. The molecule has 0 atom stereocenters. The Labute approximate surface area is 139 Å². The highest BCUT2D eigenvalue weighted by atomic mass is 32.2. The largest absolute Gasteiger partial charge is 0.465 e. The van der Waals surface area contributed by atoms with E-state index in [1.54, 1.807) is 0 Å². The van der Waals surface area contributed by atoms with Crippen LogP contribution in [0, 0.1) is 0 Å². The highest BCUT2D eigenvalue weighted by molar-refractivity contribution is 7.92. The minimum Gasteiger partial charge on any atom is -0.465 e. The van der Waals surface area contributed by atoms with E-state index >= 15 is 0 Å². The van der Waals surface area contributed by atoms with Crippen molar-refractivity contribution in [1.29, 1.82) is 0 Å². The number of rotatable bonds is 5. The average Bonchev–Trinajstić information content (AvgIpc) is 2.52. The summed E-state index contributed by atoms with van der Waals surface area (Å²) in [5.74, 6) is -15.8. The molecule has 1 aromatic carbocycles. The number of esters is 1. The third-order valence-corrected chi connectivity index (χ3v) is 4.86. The number of hydrogen-bond acceptors (Lipinski definition) is 4. The van der Waals surface area contributed by atoms with Crippen LogP contribution in [-0.2, 0) is 14.6 Å². The summed E-state index contributed by atoms with van der Waals surface area (Å²) in [6.07, 6.45) is -7.15. The normalized spacial score (nSPS) is 14.2. The van der Waals surface area contributed by atoms with Crippen LogP contribution in [0.25, 0.3) is 0 Å². The van der Waals surface area contributed by atoms with Crippen LogP contribution in [-0.4, -0.2) is 44.8 Å². The maximum Gasteiger partial charge on any atom is 0.460 e. The molecule has 0 radical (unpaired) electrons. The summed E-state index contributed by atoms with van der Waals surface area (Å²) in [6, 6.07) is 1.32. The Bertz CT molecular complexity index is 782. The topological polar surface area (TPSA) is 60.4 Å². The lowest BCUT2D eigenvalue weighted by Crippen LogP contribution is -2.63. The van der Waals surface area contributed by atoms with E-state index < -0.39 is 49.5 Å². The lowest BCUT2D eigenvalue weighted by atomic mass is 10.1. The molecule has 148 valence electrons. The summed E-state index contributed by atoms with van der Waals surface area (Å²) < 4.78 is 143. The van der Waals surface area contributed by atoms with Crippen molar-refractivity contribution in [3.63, 3.8) is 0 Å². The molecule has 1 rings (SSSR count). The van der Waals surface area contributed by atoms with Crippen LogP contribution in [0.15, 0.2) is 29.2 Å². The number of ether oxygens (including phenoxy) is 1. The van der Waals surface area contributed by atoms with Gasteiger partial charge in [-0.1, -0.05) is 0 Å². The zero-order valence-corrected chi connectivity index (χ0v) is 13.1. The van der Waals surface area contributed by atoms with Crippen LogP contribution >= 0.6 is 0 Å². The highest BCUT2D eigenvalue weighted by Crippen LogP contribution is 2.55. The highest BCUT2D eigenvalue weighted by Gasteiger charge is 2.85. The SMILES string of the molecule is COC(=O)c1ccc(S(=O)(=O)C(F)(F)C(F)(F)C(F)(F)C(F)(F)F)cc1. The zero-order valence-electron chi connectivity index (χ0n) is 12.3. The second-order valence-corrected chi connectivity index (χ2v) is 6.67. The fourth-order valence-electron chi connectivity index (χ4n) is 1.57. The molecule has 4 nitrogen and oxygen atoms in total. The van der Waals surface area contributed by atoms with Gasteiger partial charge in [-0.2, -0.15) is 39.5 Å². The summed E-state index contributed by atoms with van der Waals surface area (Å²) in [6.45, 7) is 0. The molecule has 1 aromatic rings. The third kappa shape index (κ3) is 3.10. The van der Waals surface area contributed by atoms with E-state index in [0.29, 0.717) is 12.1 Å². The molecule has 0 aromatic heterocycles. The number of halogens is 9. The Morgan fingerprint density at radius 2 is 1.27 bits per heavy atom. The molecule has 0 aliphatic rings. The Morgan fingerprint density at radius 3 is 1.62 bits per heavy atom. The predicted molar refractivity (Wildman–Crippen MR) is 65.9 cm³/mol. The first-order valence-corrected chi connectivity index (χ1v) is 7.56. The van der Waals surface area contributed by atoms with Gasteiger partial charge in [-0.3, -0.25) is 0 Å². The van der Waals surface area contributed by atoms with Crippen LogP contribution in [0.5, 0.6) is 0 Å². The summed E-state index contributed by atoms with van der Waals surface area (Å²) in [7, 11) is -5.81. The lowest BCUT2D eigenvalue weighted by molar-refractivity contribution is -0.382. The molecule has 26 heavy (non-hydrogen) atoms. The molecule has 0 saturated carbocycles. The molecule has 0 fully saturated rings. The van der Waals surface area contributed by atoms with Crippen molar-refractivity contribution in [3.8, 4) is 0 Å². The van der Waals surface area contributed by atoms with Gasteiger partial charge >= 0.3 is 29.2 Å². The van der Waals surface area contributed by atoms with Gasteiger partial charge in [0, 0.05) is 0 Å². The van der Waals surface area contributed by atoms with E-state index in [-0.39, 0.29) is 12.1 Å². The molecule has 0 heterocycles. The fraction of sp³-hybridized carbons (Fsp3) is 0.417. The van der Waals surface area contributed by atoms with Gasteiger partial charge in [0.2, 0.25) is 9.84 Å². The maximum absolute atomic E-state index is 13.6. The smallest absolute Gasteiger partial charge is 0.460 e. The lowest BCUT2D eigenvalue weighted by Gasteiger charge is -2.33. The van der Waals surface area contributed by atoms with E-state index in [0.717, 1.165) is 7.11 Å². The summed E-state index contributed by atoms with van der Waals surface area (Å²) >= 11 is 0. The molecule has 14 heteroatoms. The number of sulfone groups is 1. The van der Waals surface area contributed by atoms with E-state index in [1.165, 1.54) is 0 Å². The molecule has 0 spiro atoms. The number of benzene rings is 1. The van der Waals surface area contributed by atoms with Crippen molar-refractivity contribution >= 4 is 15.8 Å². The molecule has 0 saturated heterocycles. The van der Waals surface area contributed by atoms with Gasteiger partial charge in [-0.25, -0.2) is 13.2 Å². The van der Waals surface area contributed by atoms with Gasteiger partial charge in [0.15, 0.2) is 0 Å². The van der Waals surface area contributed by atoms with Crippen LogP contribution in [0.4, 0.5) is 39.5 Å². The van der Waals surface area contributed by atoms with Gasteiger partial charge in [0.25, 0.3) is 0 Å². The molecular formula is C12H7F9O4S. The standard InChI is InChI=1S/C12H7F9O4S/c1-25-8(22)6-2-4-7(5-3-6)26(23,24)12(20,21)10(15,16)9(13,14)11(17,18)19/h2-5H,1H3. The fourth-order valence-corrected chi connectivity index (χ4v) is 2.82. The summed E-state index contributed by atoms with van der Waals surface area (Å²) in [5, 5.41) is -6.83. The number of hydrogen-bond donors (Lipinski definition) is 0. The zero-order chi connectivity index (χ0) is 20.8. The van der Waals surface area contributed by atoms with Crippen molar-refractivity contribution < 1.29 is 57.5 Å². The van der Waals surface area contributed by atoms with E-state index in [4.69, 9.17) is 0 Å². The van der Waals surface area contributed by atoms with Crippen LogP contribution in [0.2, 0.25) is 0 Å². The van der Waals surface area contributed by atoms with Crippen molar-refractivity contribution in [2.75, 3.05) is 7.11 Å². The van der Waals surface area contributed by atoms with Gasteiger partial charge in [0.05, 0.1) is 17.6 Å². The van der Waals surface area contributed by atoms with E-state index in [9.17, 15) is 52.7 Å². The average molecular weight is 418 g/mol. The number of methoxy groups -OCH3 is 1. The van der Waals surface area contributed by atoms with Crippen LogP contribution in [0.3, 0.4) is 0 Å². The van der Waals surface area contributed by atoms with Crippen LogP contribution < -0.4 is 0 Å². The quantitative estimate of drug-likeness (QED) is 0.541. The minimum atomic E-state index is -7.34. The number of carbonyl (C=O) groups is 1. The summed E-state index contributed by atoms with van der Waals surface area (Å²) in [5.41, 5.74) is -0.429. The second-order valence-electron chi connectivity index (χ2n) is 4.68. The molecule has 0 unspecified atom stereocenters. The second kappa shape index (κ2) is 6.32. The van der Waals surface area contributed by atoms with Crippen molar-refractivity contribution in [3.05, 3.63) is 29.8 Å². The monoisotopic (exact) mass is 418 g/mol. The van der Waals surface area contributed by atoms with Crippen LogP contribution in [0.1, 0.15) is 10.4 Å². The van der Waals surface area contributed by atoms with Gasteiger partial charge in [-0.05, 0) is 24.3 Å². The van der Waals surface area contributed by atoms with E-state index in [2.05, 4.69) is 4.74 Å². The third-order valence-electron chi connectivity index (χ3n) is 3.04. The van der Waals surface area contributed by atoms with E-state index in [1.807, 2.05) is 0 Å². The molecule has 0 amide bonds. The first kappa shape index (κ1) is 22.1. The Morgan fingerprint density at radius 1 is 0.846 bits per heavy atom.